The molecule has 1 saturated carbocycles. The van der Waals surface area contributed by atoms with Crippen LogP contribution in [0, 0.1) is 0 Å². The highest BCUT2D eigenvalue weighted by Crippen LogP contribution is 2.26. The highest BCUT2D eigenvalue weighted by atomic mass is 16.2. The van der Waals surface area contributed by atoms with Crippen LogP contribution in [0.2, 0.25) is 0 Å². The van der Waals surface area contributed by atoms with E-state index in [2.05, 4.69) is 38.2 Å². The van der Waals surface area contributed by atoms with Crippen LogP contribution in [0.5, 0.6) is 0 Å². The molecule has 1 fully saturated rings. The van der Waals surface area contributed by atoms with Gasteiger partial charge in [0, 0.05) is 25.2 Å². The number of likely N-dealkylation sites (N-methyl/N-ethyl adjacent to an activating group) is 2. The van der Waals surface area contributed by atoms with Gasteiger partial charge in [0.1, 0.15) is 0 Å². The topological polar surface area (TPSA) is 35.6 Å². The number of amides is 1. The van der Waals surface area contributed by atoms with Crippen LogP contribution in [0.15, 0.2) is 0 Å². The summed E-state index contributed by atoms with van der Waals surface area (Å²) in [6.07, 6.45) is 2.38. The Hall–Kier alpha value is -0.610. The summed E-state index contributed by atoms with van der Waals surface area (Å²) >= 11 is 0. The van der Waals surface area contributed by atoms with Crippen molar-refractivity contribution in [3.63, 3.8) is 0 Å². The number of hydrogen-bond donors (Lipinski definition) is 1. The van der Waals surface area contributed by atoms with E-state index in [1.165, 1.54) is 12.8 Å². The molecule has 4 heteroatoms. The summed E-state index contributed by atoms with van der Waals surface area (Å²) in [5.74, 6) is 0.246. The second kappa shape index (κ2) is 6.21. The second-order valence-electron chi connectivity index (χ2n) is 4.85. The first-order valence-corrected chi connectivity index (χ1v) is 6.22. The monoisotopic (exact) mass is 227 g/mol. The first-order chi connectivity index (χ1) is 7.56. The smallest absolute Gasteiger partial charge is 0.236 e. The number of nitrogens with zero attached hydrogens (tertiary/aromatic N) is 2. The van der Waals surface area contributed by atoms with Gasteiger partial charge in [-0.15, -0.1) is 0 Å². The largest absolute Gasteiger partial charge is 0.339 e. The molecule has 94 valence electrons. The van der Waals surface area contributed by atoms with Crippen molar-refractivity contribution < 1.29 is 4.79 Å². The average Bonchev–Trinajstić information content (AvgIpc) is 3.02. The molecule has 1 rings (SSSR count). The molecule has 4 nitrogen and oxygen atoms in total. The van der Waals surface area contributed by atoms with Gasteiger partial charge in [0.2, 0.25) is 5.91 Å². The Morgan fingerprint density at radius 1 is 1.44 bits per heavy atom. The van der Waals surface area contributed by atoms with Crippen LogP contribution in [-0.2, 0) is 4.79 Å². The van der Waals surface area contributed by atoms with Crippen LogP contribution >= 0.6 is 0 Å². The molecule has 0 aliphatic heterocycles. The van der Waals surface area contributed by atoms with E-state index < -0.39 is 0 Å². The van der Waals surface area contributed by atoms with Gasteiger partial charge >= 0.3 is 0 Å². The Bertz CT molecular complexity index is 226. The maximum absolute atomic E-state index is 11.9. The van der Waals surface area contributed by atoms with Gasteiger partial charge in [-0.3, -0.25) is 4.79 Å². The molecule has 0 heterocycles. The van der Waals surface area contributed by atoms with Crippen molar-refractivity contribution in [2.45, 2.75) is 38.8 Å². The standard InChI is InChI=1S/C12H25N3O/c1-5-15(11-6-7-11)12(16)9-13-8-10(2)14(3)4/h10-11,13H,5-9H2,1-4H3. The van der Waals surface area contributed by atoms with Crippen LogP contribution in [0.3, 0.4) is 0 Å². The molecule has 1 atom stereocenters. The number of carbonyl (C=O) groups is 1. The van der Waals surface area contributed by atoms with Crippen LogP contribution in [0.1, 0.15) is 26.7 Å². The van der Waals surface area contributed by atoms with Crippen molar-refractivity contribution in [3.05, 3.63) is 0 Å². The summed E-state index contributed by atoms with van der Waals surface area (Å²) in [5.41, 5.74) is 0. The molecule has 0 aromatic heterocycles. The lowest BCUT2D eigenvalue weighted by atomic mass is 10.3. The number of carbonyl (C=O) groups excluding carboxylic acids is 1. The lowest BCUT2D eigenvalue weighted by Crippen LogP contribution is -2.43. The van der Waals surface area contributed by atoms with Crippen molar-refractivity contribution in [1.82, 2.24) is 15.1 Å². The molecule has 0 radical (unpaired) electrons. The Balaban J connectivity index is 2.18. The average molecular weight is 227 g/mol. The van der Waals surface area contributed by atoms with Gasteiger partial charge in [-0.25, -0.2) is 0 Å². The fourth-order valence-electron chi connectivity index (χ4n) is 1.70. The molecule has 1 unspecified atom stereocenters. The van der Waals surface area contributed by atoms with E-state index in [-0.39, 0.29) is 5.91 Å². The molecule has 0 saturated heterocycles. The van der Waals surface area contributed by atoms with Gasteiger partial charge in [0.15, 0.2) is 0 Å². The quantitative estimate of drug-likeness (QED) is 0.689. The molecule has 1 aliphatic carbocycles. The molecule has 1 amide bonds. The maximum Gasteiger partial charge on any atom is 0.236 e. The molecule has 0 aromatic carbocycles. The Morgan fingerprint density at radius 3 is 2.50 bits per heavy atom. The third-order valence-corrected chi connectivity index (χ3v) is 3.25. The summed E-state index contributed by atoms with van der Waals surface area (Å²) in [5, 5.41) is 3.23. The highest BCUT2D eigenvalue weighted by molar-refractivity contribution is 5.78. The number of hydrogen-bond acceptors (Lipinski definition) is 3. The molecule has 0 bridgehead atoms. The van der Waals surface area contributed by atoms with Gasteiger partial charge in [0.05, 0.1) is 6.54 Å². The number of nitrogens with one attached hydrogen (secondary N) is 1. The SMILES string of the molecule is CCN(C(=O)CNCC(C)N(C)C)C1CC1. The molecular formula is C12H25N3O. The van der Waals surface area contributed by atoms with Gasteiger partial charge < -0.3 is 15.1 Å². The summed E-state index contributed by atoms with van der Waals surface area (Å²) in [7, 11) is 4.10. The van der Waals surface area contributed by atoms with E-state index in [1.807, 2.05) is 4.90 Å². The minimum Gasteiger partial charge on any atom is -0.339 e. The van der Waals surface area contributed by atoms with E-state index >= 15 is 0 Å². The summed E-state index contributed by atoms with van der Waals surface area (Å²) in [6.45, 7) is 6.38. The van der Waals surface area contributed by atoms with Gasteiger partial charge in [-0.1, -0.05) is 0 Å². The van der Waals surface area contributed by atoms with Crippen LogP contribution < -0.4 is 5.32 Å². The summed E-state index contributed by atoms with van der Waals surface area (Å²) < 4.78 is 0. The van der Waals surface area contributed by atoms with E-state index in [9.17, 15) is 4.79 Å². The van der Waals surface area contributed by atoms with Crippen molar-refractivity contribution >= 4 is 5.91 Å². The Labute approximate surface area is 99.0 Å². The fourth-order valence-corrected chi connectivity index (χ4v) is 1.70. The van der Waals surface area contributed by atoms with E-state index in [1.54, 1.807) is 0 Å². The van der Waals surface area contributed by atoms with Crippen LogP contribution in [-0.4, -0.2) is 61.5 Å². The zero-order valence-electron chi connectivity index (χ0n) is 11.0. The minimum absolute atomic E-state index is 0.246. The summed E-state index contributed by atoms with van der Waals surface area (Å²) in [4.78, 5) is 16.0. The van der Waals surface area contributed by atoms with E-state index in [0.717, 1.165) is 13.1 Å². The third kappa shape index (κ3) is 4.10. The fraction of sp³-hybridized carbons (Fsp3) is 0.917. The third-order valence-electron chi connectivity index (χ3n) is 3.25. The normalized spacial score (nSPS) is 17.6. The van der Waals surface area contributed by atoms with Crippen molar-refractivity contribution in [3.8, 4) is 0 Å². The molecular weight excluding hydrogens is 202 g/mol. The van der Waals surface area contributed by atoms with Crippen LogP contribution in [0.25, 0.3) is 0 Å². The van der Waals surface area contributed by atoms with Crippen LogP contribution in [0.4, 0.5) is 0 Å². The number of rotatable bonds is 7. The second-order valence-corrected chi connectivity index (χ2v) is 4.85. The minimum atomic E-state index is 0.246. The first kappa shape index (κ1) is 13.5. The van der Waals surface area contributed by atoms with Gasteiger partial charge in [-0.2, -0.15) is 0 Å². The molecule has 0 aromatic rings. The molecule has 1 N–H and O–H groups in total. The highest BCUT2D eigenvalue weighted by Gasteiger charge is 2.30. The molecule has 0 spiro atoms. The van der Waals surface area contributed by atoms with Crippen molar-refractivity contribution in [1.29, 1.82) is 0 Å². The predicted octanol–water partition coefficient (Wildman–Crippen LogP) is 0.537. The lowest BCUT2D eigenvalue weighted by molar-refractivity contribution is -0.130. The van der Waals surface area contributed by atoms with E-state index in [4.69, 9.17) is 0 Å². The molecule has 1 aliphatic rings. The zero-order chi connectivity index (χ0) is 12.1. The van der Waals surface area contributed by atoms with Crippen molar-refractivity contribution in [2.24, 2.45) is 0 Å². The lowest BCUT2D eigenvalue weighted by Gasteiger charge is -2.23. The maximum atomic E-state index is 11.9. The molecule has 16 heavy (non-hydrogen) atoms. The van der Waals surface area contributed by atoms with E-state index in [0.29, 0.717) is 18.6 Å². The Kier molecular flexibility index (Phi) is 5.22. The first-order valence-electron chi connectivity index (χ1n) is 6.22. The Morgan fingerprint density at radius 2 is 2.06 bits per heavy atom. The predicted molar refractivity (Wildman–Crippen MR) is 66.4 cm³/mol. The van der Waals surface area contributed by atoms with Gasteiger partial charge in [0.25, 0.3) is 0 Å². The van der Waals surface area contributed by atoms with Gasteiger partial charge in [-0.05, 0) is 40.8 Å². The van der Waals surface area contributed by atoms with Crippen molar-refractivity contribution in [2.75, 3.05) is 33.7 Å². The summed E-state index contributed by atoms with van der Waals surface area (Å²) in [6, 6.07) is 0.995. The zero-order valence-corrected chi connectivity index (χ0v) is 11.0.